The van der Waals surface area contributed by atoms with Crippen molar-refractivity contribution in [2.24, 2.45) is 0 Å². The van der Waals surface area contributed by atoms with E-state index in [2.05, 4.69) is 5.32 Å². The number of rotatable bonds is 7. The van der Waals surface area contributed by atoms with Crippen LogP contribution >= 0.6 is 11.8 Å². The van der Waals surface area contributed by atoms with Crippen molar-refractivity contribution in [3.8, 4) is 5.75 Å². The molecule has 0 atom stereocenters. The number of thioether (sulfide) groups is 1. The van der Waals surface area contributed by atoms with Crippen LogP contribution in [0.3, 0.4) is 0 Å². The Balaban J connectivity index is 1.83. The van der Waals surface area contributed by atoms with E-state index in [9.17, 15) is 9.18 Å². The average molecular weight is 319 g/mol. The summed E-state index contributed by atoms with van der Waals surface area (Å²) >= 11 is 1.44. The van der Waals surface area contributed by atoms with Gasteiger partial charge >= 0.3 is 0 Å². The summed E-state index contributed by atoms with van der Waals surface area (Å²) in [6, 6.07) is 13.7. The Morgan fingerprint density at radius 2 is 2.05 bits per heavy atom. The highest BCUT2D eigenvalue weighted by Crippen LogP contribution is 2.24. The zero-order chi connectivity index (χ0) is 15.8. The van der Waals surface area contributed by atoms with Crippen molar-refractivity contribution in [1.82, 2.24) is 0 Å². The first-order valence-electron chi connectivity index (χ1n) is 7.03. The Kier molecular flexibility index (Phi) is 6.27. The fraction of sp³-hybridized carbons (Fsp3) is 0.235. The number of carbonyl (C=O) groups is 1. The van der Waals surface area contributed by atoms with Crippen LogP contribution in [-0.2, 0) is 10.5 Å². The van der Waals surface area contributed by atoms with Gasteiger partial charge in [0.05, 0.1) is 18.0 Å². The van der Waals surface area contributed by atoms with Gasteiger partial charge in [-0.05, 0) is 36.8 Å². The molecule has 0 aliphatic rings. The molecule has 3 nitrogen and oxygen atoms in total. The van der Waals surface area contributed by atoms with E-state index in [4.69, 9.17) is 4.74 Å². The van der Waals surface area contributed by atoms with Crippen molar-refractivity contribution < 1.29 is 13.9 Å². The van der Waals surface area contributed by atoms with Crippen LogP contribution in [0, 0.1) is 5.82 Å². The van der Waals surface area contributed by atoms with Crippen LogP contribution < -0.4 is 10.1 Å². The highest BCUT2D eigenvalue weighted by atomic mass is 32.2. The maximum absolute atomic E-state index is 13.1. The van der Waals surface area contributed by atoms with Crippen LogP contribution in [0.25, 0.3) is 0 Å². The first kappa shape index (κ1) is 16.4. The highest BCUT2D eigenvalue weighted by molar-refractivity contribution is 7.99. The van der Waals surface area contributed by atoms with Crippen molar-refractivity contribution in [3.05, 3.63) is 59.9 Å². The van der Waals surface area contributed by atoms with Gasteiger partial charge in [-0.15, -0.1) is 11.8 Å². The number of para-hydroxylation sites is 2. The third kappa shape index (κ3) is 5.07. The van der Waals surface area contributed by atoms with Gasteiger partial charge in [0.15, 0.2) is 0 Å². The Labute approximate surface area is 133 Å². The predicted octanol–water partition coefficient (Wildman–Crippen LogP) is 4.10. The van der Waals surface area contributed by atoms with E-state index in [0.717, 1.165) is 5.56 Å². The van der Waals surface area contributed by atoms with Crippen LogP contribution in [0.5, 0.6) is 5.75 Å². The third-order valence-electron chi connectivity index (χ3n) is 2.85. The molecule has 5 heteroatoms. The zero-order valence-corrected chi connectivity index (χ0v) is 13.2. The number of carbonyl (C=O) groups excluding carboxylic acids is 1. The molecular formula is C17H18FNO2S. The summed E-state index contributed by atoms with van der Waals surface area (Å²) in [4.78, 5) is 12.0. The lowest BCUT2D eigenvalue weighted by molar-refractivity contribution is -0.113. The lowest BCUT2D eigenvalue weighted by Gasteiger charge is -2.11. The lowest BCUT2D eigenvalue weighted by Crippen LogP contribution is -2.15. The monoisotopic (exact) mass is 319 g/mol. The molecule has 2 rings (SSSR count). The van der Waals surface area contributed by atoms with E-state index in [0.29, 0.717) is 29.5 Å². The van der Waals surface area contributed by atoms with Crippen LogP contribution in [0.15, 0.2) is 48.5 Å². The number of amides is 1. The molecule has 0 aliphatic carbocycles. The SMILES string of the molecule is CCOc1ccccc1NC(=O)CSCc1cccc(F)c1. The van der Waals surface area contributed by atoms with Crippen LogP contribution in [0.1, 0.15) is 12.5 Å². The highest BCUT2D eigenvalue weighted by Gasteiger charge is 2.07. The predicted molar refractivity (Wildman–Crippen MR) is 88.8 cm³/mol. The van der Waals surface area contributed by atoms with E-state index >= 15 is 0 Å². The molecular weight excluding hydrogens is 301 g/mol. The first-order valence-corrected chi connectivity index (χ1v) is 8.18. The summed E-state index contributed by atoms with van der Waals surface area (Å²) in [7, 11) is 0. The van der Waals surface area contributed by atoms with Crippen LogP contribution in [0.2, 0.25) is 0 Å². The number of hydrogen-bond donors (Lipinski definition) is 1. The second-order valence-corrected chi connectivity index (χ2v) is 5.59. The van der Waals surface area contributed by atoms with Crippen LogP contribution in [-0.4, -0.2) is 18.3 Å². The second-order valence-electron chi connectivity index (χ2n) is 4.60. The minimum Gasteiger partial charge on any atom is -0.492 e. The van der Waals surface area contributed by atoms with E-state index < -0.39 is 0 Å². The topological polar surface area (TPSA) is 38.3 Å². The van der Waals surface area contributed by atoms with Gasteiger partial charge in [0.25, 0.3) is 0 Å². The van der Waals surface area contributed by atoms with Gasteiger partial charge in [-0.3, -0.25) is 4.79 Å². The standard InChI is InChI=1S/C17H18FNO2S/c1-2-21-16-9-4-3-8-15(16)19-17(20)12-22-11-13-6-5-7-14(18)10-13/h3-10H,2,11-12H2,1H3,(H,19,20). The molecule has 0 saturated heterocycles. The van der Waals surface area contributed by atoms with E-state index in [-0.39, 0.29) is 11.7 Å². The molecule has 0 spiro atoms. The normalized spacial score (nSPS) is 10.3. The smallest absolute Gasteiger partial charge is 0.234 e. The third-order valence-corrected chi connectivity index (χ3v) is 3.86. The Bertz CT molecular complexity index is 634. The van der Waals surface area contributed by atoms with Gasteiger partial charge in [0.1, 0.15) is 11.6 Å². The first-order chi connectivity index (χ1) is 10.7. The molecule has 0 fully saturated rings. The van der Waals surface area contributed by atoms with Crippen molar-refractivity contribution in [1.29, 1.82) is 0 Å². The molecule has 0 saturated carbocycles. The summed E-state index contributed by atoms with van der Waals surface area (Å²) < 4.78 is 18.5. The Morgan fingerprint density at radius 3 is 2.82 bits per heavy atom. The molecule has 0 bridgehead atoms. The quantitative estimate of drug-likeness (QED) is 0.835. The van der Waals surface area contributed by atoms with Gasteiger partial charge in [0, 0.05) is 5.75 Å². The summed E-state index contributed by atoms with van der Waals surface area (Å²) in [5.41, 5.74) is 1.54. The summed E-state index contributed by atoms with van der Waals surface area (Å²) in [5, 5.41) is 2.83. The molecule has 116 valence electrons. The Morgan fingerprint density at radius 1 is 1.23 bits per heavy atom. The molecule has 0 aliphatic heterocycles. The van der Waals surface area contributed by atoms with Crippen molar-refractivity contribution >= 4 is 23.4 Å². The Hall–Kier alpha value is -2.01. The number of nitrogens with one attached hydrogen (secondary N) is 1. The number of ether oxygens (including phenoxy) is 1. The molecule has 0 unspecified atom stereocenters. The maximum Gasteiger partial charge on any atom is 0.234 e. The molecule has 1 N–H and O–H groups in total. The van der Waals surface area contributed by atoms with E-state index in [1.807, 2.05) is 31.2 Å². The number of hydrogen-bond acceptors (Lipinski definition) is 3. The van der Waals surface area contributed by atoms with Crippen molar-refractivity contribution in [2.45, 2.75) is 12.7 Å². The maximum atomic E-state index is 13.1. The average Bonchev–Trinajstić information content (AvgIpc) is 2.49. The van der Waals surface area contributed by atoms with E-state index in [1.54, 1.807) is 12.1 Å². The van der Waals surface area contributed by atoms with Crippen molar-refractivity contribution in [3.63, 3.8) is 0 Å². The van der Waals surface area contributed by atoms with E-state index in [1.165, 1.54) is 23.9 Å². The molecule has 1 amide bonds. The summed E-state index contributed by atoms with van der Waals surface area (Å²) in [5.74, 6) is 1.20. The number of halogens is 1. The van der Waals surface area contributed by atoms with Gasteiger partial charge in [-0.25, -0.2) is 4.39 Å². The minimum absolute atomic E-state index is 0.103. The van der Waals surface area contributed by atoms with Gasteiger partial charge in [-0.2, -0.15) is 0 Å². The summed E-state index contributed by atoms with van der Waals surface area (Å²) in [6.45, 7) is 2.44. The summed E-state index contributed by atoms with van der Waals surface area (Å²) in [6.07, 6.45) is 0. The second kappa shape index (κ2) is 8.44. The van der Waals surface area contributed by atoms with Gasteiger partial charge < -0.3 is 10.1 Å². The van der Waals surface area contributed by atoms with Gasteiger partial charge in [-0.1, -0.05) is 24.3 Å². The molecule has 2 aromatic carbocycles. The number of anilines is 1. The zero-order valence-electron chi connectivity index (χ0n) is 12.3. The van der Waals surface area contributed by atoms with Gasteiger partial charge in [0.2, 0.25) is 5.91 Å². The number of benzene rings is 2. The fourth-order valence-corrected chi connectivity index (χ4v) is 2.70. The fourth-order valence-electron chi connectivity index (χ4n) is 1.93. The van der Waals surface area contributed by atoms with Crippen LogP contribution in [0.4, 0.5) is 10.1 Å². The molecule has 0 heterocycles. The molecule has 2 aromatic rings. The molecule has 22 heavy (non-hydrogen) atoms. The molecule has 0 aromatic heterocycles. The lowest BCUT2D eigenvalue weighted by atomic mass is 10.2. The molecule has 0 radical (unpaired) electrons. The van der Waals surface area contributed by atoms with Crippen molar-refractivity contribution in [2.75, 3.05) is 17.7 Å². The largest absolute Gasteiger partial charge is 0.492 e. The minimum atomic E-state index is -0.256.